The highest BCUT2D eigenvalue weighted by atomic mass is 32.1. The second-order valence-corrected chi connectivity index (χ2v) is 20.9. The molecule has 4 aliphatic heterocycles. The molecule has 2 bridgehead atoms. The smallest absolute Gasteiger partial charge is 0.254 e. The van der Waals surface area contributed by atoms with E-state index >= 15 is 0 Å². The van der Waals surface area contributed by atoms with Crippen LogP contribution < -0.4 is 30.3 Å². The minimum atomic E-state index is -0.600. The number of aromatic nitrogens is 5. The Labute approximate surface area is 430 Å². The zero-order valence-electron chi connectivity index (χ0n) is 42.1. The van der Waals surface area contributed by atoms with Gasteiger partial charge in [-0.3, -0.25) is 19.4 Å². The van der Waals surface area contributed by atoms with E-state index in [1.54, 1.807) is 34.4 Å². The molecule has 73 heavy (non-hydrogen) atoms. The van der Waals surface area contributed by atoms with E-state index in [0.717, 1.165) is 105 Å². The summed E-state index contributed by atoms with van der Waals surface area (Å²) in [6.45, 7) is 16.2. The van der Waals surface area contributed by atoms with Crippen molar-refractivity contribution in [3.63, 3.8) is 0 Å². The predicted molar refractivity (Wildman–Crippen MR) is 281 cm³/mol. The molecule has 2 aromatic carbocycles. The number of nitrogens with zero attached hydrogens (tertiary/aromatic N) is 10. The van der Waals surface area contributed by atoms with E-state index in [9.17, 15) is 14.7 Å². The number of rotatable bonds is 18. The summed E-state index contributed by atoms with van der Waals surface area (Å²) in [4.78, 5) is 49.3. The molecule has 0 aliphatic carbocycles. The van der Waals surface area contributed by atoms with Gasteiger partial charge in [0.25, 0.3) is 5.88 Å². The number of carbonyl (C=O) groups excluding carboxylic acids is 2. The molecule has 2 amide bonds. The van der Waals surface area contributed by atoms with Gasteiger partial charge in [0.15, 0.2) is 11.6 Å². The molecule has 4 N–H and O–H groups in total. The molecule has 0 spiro atoms. The van der Waals surface area contributed by atoms with Crippen LogP contribution in [0.25, 0.3) is 21.7 Å². The van der Waals surface area contributed by atoms with Crippen molar-refractivity contribution in [3.8, 4) is 39.2 Å². The van der Waals surface area contributed by atoms with Crippen molar-refractivity contribution in [3.05, 3.63) is 102 Å². The van der Waals surface area contributed by atoms with Crippen LogP contribution in [0.2, 0.25) is 0 Å². The predicted octanol–water partition coefficient (Wildman–Crippen LogP) is 6.79. The molecule has 384 valence electrons. The maximum atomic E-state index is 14.2. The lowest BCUT2D eigenvalue weighted by Gasteiger charge is -2.43. The van der Waals surface area contributed by atoms with E-state index < -0.39 is 12.0 Å². The van der Waals surface area contributed by atoms with Crippen LogP contribution in [-0.2, 0) is 9.59 Å². The number of phenols is 1. The number of thiazole rings is 1. The average Bonchev–Trinajstić information content (AvgIpc) is 4.22. The van der Waals surface area contributed by atoms with Crippen LogP contribution in [0.15, 0.2) is 89.0 Å². The zero-order chi connectivity index (χ0) is 50.6. The summed E-state index contributed by atoms with van der Waals surface area (Å²) in [5.74, 6) is 0.994. The molecule has 4 fully saturated rings. The number of likely N-dealkylation sites (tertiary alicyclic amines) is 1. The fourth-order valence-corrected chi connectivity index (χ4v) is 11.8. The van der Waals surface area contributed by atoms with Crippen molar-refractivity contribution >= 4 is 40.3 Å². The Balaban J connectivity index is 0.649. The molecule has 18 nitrogen and oxygen atoms in total. The van der Waals surface area contributed by atoms with Crippen LogP contribution in [0.3, 0.4) is 0 Å². The minimum Gasteiger partial charge on any atom is -0.507 e. The summed E-state index contributed by atoms with van der Waals surface area (Å²) >= 11 is 1.61. The van der Waals surface area contributed by atoms with Gasteiger partial charge in [-0.25, -0.2) is 9.97 Å². The monoisotopic (exact) mass is 1010 g/mol. The number of pyridine rings is 1. The van der Waals surface area contributed by atoms with E-state index in [1.165, 1.54) is 0 Å². The van der Waals surface area contributed by atoms with Crippen molar-refractivity contribution in [2.24, 2.45) is 5.92 Å². The molecule has 2 unspecified atom stereocenters. The first-order valence-corrected chi connectivity index (χ1v) is 26.5. The SMILES string of the molecule is Cc1ncsc1-c1ccc([C@H](C)NC(=O)[C@@H]2CCCN2C(=O)[C@@H](c2cc(OCCN3CCN(CCOc4cc(N5C6CCC5CN(c5cc(-c7ccccc7O)nnc5N)C6)ccn4)CC3)no2)C(C)C)cc1. The standard InChI is InChI=1S/C54H66N12O6S/c1-34(2)50(54(69)65-19-7-9-44(65)53(68)58-35(3)37-11-13-38(14-12-37)51-36(4)57-33-73-51)47-30-49(61-72-47)71-27-25-63-22-20-62(21-23-63)24-26-70-48-28-39(17-18-56-48)66-40-15-16-41(66)32-64(31-40)45-29-43(59-60-52(45)55)42-8-5-6-10-46(42)67/h5-6,8,10-14,17-18,28-30,33-35,40-41,44,50,67H,7,9,15-16,19-27,31-32H2,1-4H3,(H2,55,60)(H,58,68)/t35-,40?,41?,44-,50+/m0/s1. The Bertz CT molecular complexity index is 2840. The van der Waals surface area contributed by atoms with Crippen LogP contribution in [0.4, 0.5) is 17.2 Å². The Morgan fingerprint density at radius 2 is 1.58 bits per heavy atom. The summed E-state index contributed by atoms with van der Waals surface area (Å²) in [6.07, 6.45) is 5.33. The third-order valence-corrected chi connectivity index (χ3v) is 15.9. The first kappa shape index (κ1) is 49.7. The maximum absolute atomic E-state index is 14.2. The fourth-order valence-electron chi connectivity index (χ4n) is 11.0. The normalized spacial score (nSPS) is 20.1. The lowest BCUT2D eigenvalue weighted by molar-refractivity contribution is -0.141. The second-order valence-electron chi connectivity index (χ2n) is 20.0. The number of aryl methyl sites for hydroxylation is 1. The van der Waals surface area contributed by atoms with Crippen molar-refractivity contribution < 1.29 is 28.7 Å². The van der Waals surface area contributed by atoms with Gasteiger partial charge in [0.2, 0.25) is 17.7 Å². The van der Waals surface area contributed by atoms with Crippen LogP contribution in [0.5, 0.6) is 17.5 Å². The van der Waals surface area contributed by atoms with E-state index in [4.69, 9.17) is 19.7 Å². The number of nitrogens with one attached hydrogen (secondary N) is 1. The van der Waals surface area contributed by atoms with Gasteiger partial charge in [-0.15, -0.1) is 21.5 Å². The number of nitrogens with two attached hydrogens (primary N) is 1. The Hall–Kier alpha value is -6.83. The number of piperazine rings is 2. The fraction of sp³-hybridized carbons (Fsp3) is 0.463. The van der Waals surface area contributed by atoms with Gasteiger partial charge in [-0.1, -0.05) is 50.2 Å². The average molecular weight is 1010 g/mol. The van der Waals surface area contributed by atoms with Gasteiger partial charge in [-0.05, 0) is 86.0 Å². The topological polar surface area (TPSA) is 205 Å². The molecule has 4 saturated heterocycles. The number of hydrogen-bond acceptors (Lipinski definition) is 17. The van der Waals surface area contributed by atoms with Crippen molar-refractivity contribution in [1.29, 1.82) is 0 Å². The molecule has 19 heteroatoms. The van der Waals surface area contributed by atoms with Gasteiger partial charge in [0, 0.05) is 101 Å². The van der Waals surface area contributed by atoms with E-state index in [2.05, 4.69) is 74.5 Å². The van der Waals surface area contributed by atoms with Gasteiger partial charge < -0.3 is 44.9 Å². The highest BCUT2D eigenvalue weighted by Gasteiger charge is 2.42. The molecule has 4 aromatic heterocycles. The van der Waals surface area contributed by atoms with E-state index in [-0.39, 0.29) is 29.5 Å². The molecule has 5 atom stereocenters. The van der Waals surface area contributed by atoms with Gasteiger partial charge in [0.05, 0.1) is 33.5 Å². The molecule has 8 heterocycles. The Kier molecular flexibility index (Phi) is 15.1. The molecule has 6 aromatic rings. The zero-order valence-corrected chi connectivity index (χ0v) is 42.9. The van der Waals surface area contributed by atoms with E-state index in [1.807, 2.05) is 69.7 Å². The van der Waals surface area contributed by atoms with Crippen molar-refractivity contribution in [1.82, 2.24) is 45.3 Å². The van der Waals surface area contributed by atoms with E-state index in [0.29, 0.717) is 72.9 Å². The summed E-state index contributed by atoms with van der Waals surface area (Å²) in [5, 5.41) is 26.4. The number of benzene rings is 2. The first-order chi connectivity index (χ1) is 35.5. The quantitative estimate of drug-likeness (QED) is 0.0811. The van der Waals surface area contributed by atoms with Crippen LogP contribution >= 0.6 is 11.3 Å². The van der Waals surface area contributed by atoms with Gasteiger partial charge >= 0.3 is 0 Å². The number of ether oxygens (including phenoxy) is 2. The van der Waals surface area contributed by atoms with Crippen molar-refractivity contribution in [2.75, 3.05) is 87.7 Å². The third kappa shape index (κ3) is 11.1. The molecular weight excluding hydrogens is 945 g/mol. The molecule has 4 aliphatic rings. The summed E-state index contributed by atoms with van der Waals surface area (Å²) in [5.41, 5.74) is 14.5. The Morgan fingerprint density at radius 1 is 0.863 bits per heavy atom. The number of aromatic hydroxyl groups is 1. The first-order valence-electron chi connectivity index (χ1n) is 25.7. The Morgan fingerprint density at radius 3 is 2.26 bits per heavy atom. The number of fused-ring (bicyclic) bond motifs is 2. The lowest BCUT2D eigenvalue weighted by Crippen LogP contribution is -2.54. The number of nitrogen functional groups attached to an aromatic ring is 1. The molecule has 0 radical (unpaired) electrons. The number of anilines is 3. The highest BCUT2D eigenvalue weighted by Crippen LogP contribution is 2.40. The summed E-state index contributed by atoms with van der Waals surface area (Å²) < 4.78 is 18.1. The summed E-state index contributed by atoms with van der Waals surface area (Å²) in [7, 11) is 0. The molecular formula is C54H66N12O6S. The number of hydrogen-bond donors (Lipinski definition) is 3. The summed E-state index contributed by atoms with van der Waals surface area (Å²) in [6, 6.07) is 23.0. The van der Waals surface area contributed by atoms with Gasteiger partial charge in [-0.2, -0.15) is 0 Å². The number of phenolic OH excluding ortho intramolecular Hbond substituents is 1. The van der Waals surface area contributed by atoms with Gasteiger partial charge in [0.1, 0.15) is 30.9 Å². The lowest BCUT2D eigenvalue weighted by atomic mass is 9.91. The second kappa shape index (κ2) is 22.1. The number of amides is 2. The van der Waals surface area contributed by atoms with Crippen LogP contribution in [-0.4, -0.2) is 147 Å². The van der Waals surface area contributed by atoms with Crippen LogP contribution in [0.1, 0.15) is 75.4 Å². The molecule has 0 saturated carbocycles. The third-order valence-electron chi connectivity index (χ3n) is 15.0. The number of para-hydroxylation sites is 1. The molecule has 10 rings (SSSR count). The van der Waals surface area contributed by atoms with Crippen LogP contribution in [0, 0.1) is 12.8 Å². The minimum absolute atomic E-state index is 0.0885. The van der Waals surface area contributed by atoms with Crippen molar-refractivity contribution in [2.45, 2.75) is 83.5 Å². The highest BCUT2D eigenvalue weighted by molar-refractivity contribution is 7.13. The number of carbonyl (C=O) groups is 2. The largest absolute Gasteiger partial charge is 0.507 e. The maximum Gasteiger partial charge on any atom is 0.254 e.